The summed E-state index contributed by atoms with van der Waals surface area (Å²) in [6.45, 7) is 5.74. The molecule has 1 aliphatic rings. The number of benzene rings is 1. The van der Waals surface area contributed by atoms with E-state index in [1.165, 1.54) is 7.11 Å². The Labute approximate surface area is 108 Å². The Bertz CT molecular complexity index is 630. The molecular weight excluding hydrogens is 250 g/mol. The number of hydrogen-bond donors (Lipinski definition) is 0. The van der Waals surface area contributed by atoms with Crippen LogP contribution >= 0.6 is 0 Å². The van der Waals surface area contributed by atoms with Gasteiger partial charge in [-0.3, -0.25) is 0 Å². The molecule has 0 amide bonds. The van der Waals surface area contributed by atoms with Gasteiger partial charge in [0.25, 0.3) is 0 Å². The molecule has 1 aliphatic heterocycles. The third-order valence-electron chi connectivity index (χ3n) is 3.39. The molecule has 0 fully saturated rings. The summed E-state index contributed by atoms with van der Waals surface area (Å²) in [5.74, 6) is 0.103. The van der Waals surface area contributed by atoms with E-state index in [2.05, 4.69) is 5.16 Å². The van der Waals surface area contributed by atoms with Crippen molar-refractivity contribution >= 4 is 15.5 Å². The van der Waals surface area contributed by atoms with E-state index in [4.69, 9.17) is 4.84 Å². The number of hydrogen-bond acceptors (Lipinski definition) is 4. The number of sulfone groups is 1. The highest BCUT2D eigenvalue weighted by Gasteiger charge is 2.31. The average molecular weight is 267 g/mol. The molecule has 0 atom stereocenters. The van der Waals surface area contributed by atoms with Gasteiger partial charge in [-0.2, -0.15) is 0 Å². The van der Waals surface area contributed by atoms with Crippen molar-refractivity contribution in [3.63, 3.8) is 0 Å². The minimum absolute atomic E-state index is 0.103. The van der Waals surface area contributed by atoms with Crippen LogP contribution in [-0.4, -0.2) is 27.0 Å². The van der Waals surface area contributed by atoms with Crippen LogP contribution in [0.3, 0.4) is 0 Å². The molecule has 0 N–H and O–H groups in total. The van der Waals surface area contributed by atoms with Crippen molar-refractivity contribution in [1.29, 1.82) is 0 Å². The van der Waals surface area contributed by atoms with Crippen LogP contribution in [0.1, 0.15) is 28.7 Å². The van der Waals surface area contributed by atoms with Crippen molar-refractivity contribution in [2.45, 2.75) is 32.1 Å². The minimum atomic E-state index is -3.20. The van der Waals surface area contributed by atoms with E-state index in [-0.39, 0.29) is 5.75 Å². The monoisotopic (exact) mass is 267 g/mol. The van der Waals surface area contributed by atoms with E-state index in [0.29, 0.717) is 11.3 Å². The van der Waals surface area contributed by atoms with Crippen LogP contribution in [0.15, 0.2) is 16.1 Å². The summed E-state index contributed by atoms with van der Waals surface area (Å²) in [7, 11) is -1.72. The first kappa shape index (κ1) is 13.1. The lowest BCUT2D eigenvalue weighted by atomic mass is 9.95. The summed E-state index contributed by atoms with van der Waals surface area (Å²) in [5, 5.41) is 3.99. The standard InChI is InChI=1S/C13H17NO3S/c1-8-7-9(2)13-12(10(8)3)11(14-17-4)5-6-18(13,15)16/h7H,5-6H2,1-4H3. The average Bonchev–Trinajstić information content (AvgIpc) is 2.28. The molecule has 0 bridgehead atoms. The fraction of sp³-hybridized carbons (Fsp3) is 0.462. The Morgan fingerprint density at radius 3 is 2.50 bits per heavy atom. The van der Waals surface area contributed by atoms with Gasteiger partial charge in [0.2, 0.25) is 0 Å². The number of aryl methyl sites for hydroxylation is 2. The lowest BCUT2D eigenvalue weighted by molar-refractivity contribution is 0.213. The highest BCUT2D eigenvalue weighted by atomic mass is 32.2. The zero-order valence-corrected chi connectivity index (χ0v) is 11.9. The third kappa shape index (κ3) is 1.92. The van der Waals surface area contributed by atoms with Gasteiger partial charge in [0.15, 0.2) is 9.84 Å². The van der Waals surface area contributed by atoms with Gasteiger partial charge in [-0.15, -0.1) is 0 Å². The predicted octanol–water partition coefficient (Wildman–Crippen LogP) is 2.14. The maximum Gasteiger partial charge on any atom is 0.179 e. The summed E-state index contributed by atoms with van der Waals surface area (Å²) in [6.07, 6.45) is 0.410. The lowest BCUT2D eigenvalue weighted by Crippen LogP contribution is -2.25. The highest BCUT2D eigenvalue weighted by Crippen LogP contribution is 2.32. The molecule has 0 spiro atoms. The van der Waals surface area contributed by atoms with Crippen molar-refractivity contribution in [3.8, 4) is 0 Å². The quantitative estimate of drug-likeness (QED) is 0.732. The number of nitrogens with zero attached hydrogens (tertiary/aromatic N) is 1. The molecule has 1 aromatic rings. The maximum atomic E-state index is 12.2. The van der Waals surface area contributed by atoms with Crippen LogP contribution in [0.2, 0.25) is 0 Å². The zero-order valence-electron chi connectivity index (χ0n) is 11.1. The minimum Gasteiger partial charge on any atom is -0.399 e. The summed E-state index contributed by atoms with van der Waals surface area (Å²) in [5.41, 5.74) is 4.30. The maximum absolute atomic E-state index is 12.2. The van der Waals surface area contributed by atoms with Gasteiger partial charge in [-0.1, -0.05) is 11.2 Å². The van der Waals surface area contributed by atoms with Crippen LogP contribution in [0.4, 0.5) is 0 Å². The molecule has 0 unspecified atom stereocenters. The fourth-order valence-electron chi connectivity index (χ4n) is 2.47. The van der Waals surface area contributed by atoms with E-state index < -0.39 is 9.84 Å². The van der Waals surface area contributed by atoms with Crippen molar-refractivity contribution in [2.75, 3.05) is 12.9 Å². The molecule has 18 heavy (non-hydrogen) atoms. The fourth-order valence-corrected chi connectivity index (χ4v) is 4.27. The number of rotatable bonds is 1. The second-order valence-electron chi connectivity index (χ2n) is 4.63. The first-order valence-corrected chi connectivity index (χ1v) is 7.47. The molecule has 2 rings (SSSR count). The van der Waals surface area contributed by atoms with Crippen LogP contribution in [0.5, 0.6) is 0 Å². The van der Waals surface area contributed by atoms with E-state index in [1.54, 1.807) is 0 Å². The topological polar surface area (TPSA) is 55.7 Å². The second kappa shape index (κ2) is 4.39. The largest absolute Gasteiger partial charge is 0.399 e. The Hall–Kier alpha value is -1.36. The summed E-state index contributed by atoms with van der Waals surface area (Å²) < 4.78 is 24.4. The molecule has 0 saturated heterocycles. The molecule has 4 nitrogen and oxygen atoms in total. The van der Waals surface area contributed by atoms with Gasteiger partial charge in [-0.25, -0.2) is 8.42 Å². The highest BCUT2D eigenvalue weighted by molar-refractivity contribution is 7.91. The van der Waals surface area contributed by atoms with Gasteiger partial charge < -0.3 is 4.84 Å². The van der Waals surface area contributed by atoms with Crippen molar-refractivity contribution in [3.05, 3.63) is 28.3 Å². The van der Waals surface area contributed by atoms with Gasteiger partial charge in [0, 0.05) is 12.0 Å². The van der Waals surface area contributed by atoms with Gasteiger partial charge >= 0.3 is 0 Å². The second-order valence-corrected chi connectivity index (χ2v) is 6.67. The Morgan fingerprint density at radius 1 is 1.22 bits per heavy atom. The van der Waals surface area contributed by atoms with E-state index in [0.717, 1.165) is 28.0 Å². The predicted molar refractivity (Wildman–Crippen MR) is 70.9 cm³/mol. The van der Waals surface area contributed by atoms with Crippen molar-refractivity contribution in [1.82, 2.24) is 0 Å². The molecule has 1 aromatic carbocycles. The van der Waals surface area contributed by atoms with E-state index >= 15 is 0 Å². The van der Waals surface area contributed by atoms with Crippen molar-refractivity contribution < 1.29 is 13.3 Å². The molecule has 0 aliphatic carbocycles. The third-order valence-corrected chi connectivity index (χ3v) is 5.28. The molecule has 5 heteroatoms. The summed E-state index contributed by atoms with van der Waals surface area (Å²) in [6, 6.07) is 1.92. The first-order valence-electron chi connectivity index (χ1n) is 5.82. The molecule has 0 aromatic heterocycles. The van der Waals surface area contributed by atoms with Crippen LogP contribution < -0.4 is 0 Å². The lowest BCUT2D eigenvalue weighted by Gasteiger charge is -2.23. The zero-order chi connectivity index (χ0) is 13.5. The number of fused-ring (bicyclic) bond motifs is 1. The first-order chi connectivity index (χ1) is 8.38. The summed E-state index contributed by atoms with van der Waals surface area (Å²) >= 11 is 0. The Kier molecular flexibility index (Phi) is 3.19. The van der Waals surface area contributed by atoms with Gasteiger partial charge in [0.1, 0.15) is 7.11 Å². The normalized spacial score (nSPS) is 19.7. The molecule has 0 saturated carbocycles. The van der Waals surface area contributed by atoms with Crippen LogP contribution in [-0.2, 0) is 14.7 Å². The molecule has 98 valence electrons. The van der Waals surface area contributed by atoms with E-state index in [1.807, 2.05) is 26.8 Å². The molecule has 0 radical (unpaired) electrons. The Balaban J connectivity index is 2.88. The van der Waals surface area contributed by atoms with Crippen molar-refractivity contribution in [2.24, 2.45) is 5.16 Å². The van der Waals surface area contributed by atoms with Gasteiger partial charge in [-0.05, 0) is 37.5 Å². The smallest absolute Gasteiger partial charge is 0.179 e. The number of oxime groups is 1. The van der Waals surface area contributed by atoms with Crippen LogP contribution in [0.25, 0.3) is 0 Å². The van der Waals surface area contributed by atoms with Crippen LogP contribution in [0, 0.1) is 20.8 Å². The van der Waals surface area contributed by atoms with E-state index in [9.17, 15) is 8.42 Å². The summed E-state index contributed by atoms with van der Waals surface area (Å²) in [4.78, 5) is 5.26. The Morgan fingerprint density at radius 2 is 1.89 bits per heavy atom. The molecule has 1 heterocycles. The van der Waals surface area contributed by atoms with Gasteiger partial charge in [0.05, 0.1) is 16.4 Å². The molecular formula is C13H17NO3S. The SMILES string of the molecule is CON=C1CCS(=O)(=O)c2c(C)cc(C)c(C)c21.